The van der Waals surface area contributed by atoms with Crippen molar-refractivity contribution < 1.29 is 14.3 Å². The second kappa shape index (κ2) is 3.35. The summed E-state index contributed by atoms with van der Waals surface area (Å²) in [5.74, 6) is 0.0569. The third kappa shape index (κ3) is 1.35. The highest BCUT2D eigenvalue weighted by Crippen LogP contribution is 2.42. The van der Waals surface area contributed by atoms with Gasteiger partial charge in [0.05, 0.1) is 19.1 Å². The van der Waals surface area contributed by atoms with Crippen LogP contribution in [0.25, 0.3) is 0 Å². The Morgan fingerprint density at radius 2 is 1.93 bits per heavy atom. The first kappa shape index (κ1) is 8.92. The molecule has 2 aliphatic heterocycles. The van der Waals surface area contributed by atoms with Crippen LogP contribution in [0.3, 0.4) is 0 Å². The molecule has 0 amide bonds. The quantitative estimate of drug-likeness (QED) is 0.651. The number of esters is 1. The van der Waals surface area contributed by atoms with Gasteiger partial charge in [0, 0.05) is 5.92 Å². The number of fused-ring (bicyclic) bond motifs is 1. The van der Waals surface area contributed by atoms with Crippen molar-refractivity contribution in [2.75, 3.05) is 13.2 Å². The molecule has 2 heterocycles. The minimum Gasteiger partial charge on any atom is -0.457 e. The van der Waals surface area contributed by atoms with Gasteiger partial charge in [0.2, 0.25) is 0 Å². The Morgan fingerprint density at radius 3 is 2.73 bits per heavy atom. The summed E-state index contributed by atoms with van der Waals surface area (Å²) in [4.78, 5) is 11.5. The number of carbonyl (C=O) groups excluding carboxylic acids is 1. The van der Waals surface area contributed by atoms with E-state index in [4.69, 9.17) is 9.47 Å². The fraction of sp³-hybridized carbons (Fsp3) is 0.417. The smallest absolute Gasteiger partial charge is 0.312 e. The van der Waals surface area contributed by atoms with Crippen molar-refractivity contribution in [3.63, 3.8) is 0 Å². The number of rotatable bonds is 1. The molecule has 0 radical (unpaired) electrons. The van der Waals surface area contributed by atoms with Crippen LogP contribution in [0.1, 0.15) is 11.7 Å². The van der Waals surface area contributed by atoms with Gasteiger partial charge in [-0.15, -0.1) is 0 Å². The lowest BCUT2D eigenvalue weighted by atomic mass is 9.90. The van der Waals surface area contributed by atoms with Crippen molar-refractivity contribution in [2.24, 2.45) is 11.8 Å². The number of cyclic esters (lactones) is 1. The van der Waals surface area contributed by atoms with Gasteiger partial charge in [0.25, 0.3) is 0 Å². The zero-order valence-corrected chi connectivity index (χ0v) is 8.26. The van der Waals surface area contributed by atoms with Crippen LogP contribution < -0.4 is 0 Å². The fourth-order valence-electron chi connectivity index (χ4n) is 2.37. The molecule has 15 heavy (non-hydrogen) atoms. The minimum absolute atomic E-state index is 0.0461. The summed E-state index contributed by atoms with van der Waals surface area (Å²) >= 11 is 0. The van der Waals surface area contributed by atoms with Gasteiger partial charge < -0.3 is 9.47 Å². The highest BCUT2D eigenvalue weighted by molar-refractivity contribution is 5.76. The maximum atomic E-state index is 11.5. The Kier molecular flexibility index (Phi) is 1.99. The molecule has 78 valence electrons. The molecule has 0 spiro atoms. The van der Waals surface area contributed by atoms with E-state index in [1.807, 2.05) is 30.3 Å². The fourth-order valence-corrected chi connectivity index (χ4v) is 2.37. The van der Waals surface area contributed by atoms with E-state index in [9.17, 15) is 4.79 Å². The van der Waals surface area contributed by atoms with Gasteiger partial charge in [-0.2, -0.15) is 0 Å². The summed E-state index contributed by atoms with van der Waals surface area (Å²) in [7, 11) is 0. The number of carbonyl (C=O) groups is 1. The van der Waals surface area contributed by atoms with Crippen molar-refractivity contribution in [1.82, 2.24) is 0 Å². The first-order valence-corrected chi connectivity index (χ1v) is 5.19. The maximum Gasteiger partial charge on any atom is 0.312 e. The lowest BCUT2D eigenvalue weighted by molar-refractivity contribution is -0.146. The van der Waals surface area contributed by atoms with E-state index in [-0.39, 0.29) is 23.9 Å². The van der Waals surface area contributed by atoms with Gasteiger partial charge >= 0.3 is 5.97 Å². The lowest BCUT2D eigenvalue weighted by Gasteiger charge is -2.14. The SMILES string of the molecule is O=C1O[C@H](c2ccccc2)[C@H]2COC[C@@H]12. The average molecular weight is 204 g/mol. The topological polar surface area (TPSA) is 35.5 Å². The first-order valence-electron chi connectivity index (χ1n) is 5.19. The molecule has 0 saturated carbocycles. The van der Waals surface area contributed by atoms with Crippen LogP contribution in [-0.4, -0.2) is 19.2 Å². The molecule has 3 rings (SSSR count). The lowest BCUT2D eigenvalue weighted by Crippen LogP contribution is -2.14. The molecule has 0 bridgehead atoms. The standard InChI is InChI=1S/C12H12O3/c13-12-10-7-14-6-9(10)11(15-12)8-4-2-1-3-5-8/h1-5,9-11H,6-7H2/t9-,10+,11+/m0/s1. The van der Waals surface area contributed by atoms with Crippen molar-refractivity contribution in [1.29, 1.82) is 0 Å². The largest absolute Gasteiger partial charge is 0.457 e. The Labute approximate surface area is 88.0 Å². The van der Waals surface area contributed by atoms with Gasteiger partial charge in [0.1, 0.15) is 6.10 Å². The number of benzene rings is 1. The zero-order valence-electron chi connectivity index (χ0n) is 8.26. The summed E-state index contributed by atoms with van der Waals surface area (Å²) < 4.78 is 10.7. The summed E-state index contributed by atoms with van der Waals surface area (Å²) in [6.45, 7) is 1.16. The highest BCUT2D eigenvalue weighted by Gasteiger charge is 2.48. The number of hydrogen-bond acceptors (Lipinski definition) is 3. The monoisotopic (exact) mass is 204 g/mol. The molecular weight excluding hydrogens is 192 g/mol. The van der Waals surface area contributed by atoms with Gasteiger partial charge in [-0.25, -0.2) is 0 Å². The molecule has 1 aromatic rings. The number of ether oxygens (including phenoxy) is 2. The molecule has 2 fully saturated rings. The average Bonchev–Trinajstić information content (AvgIpc) is 2.84. The first-order chi connectivity index (χ1) is 7.36. The van der Waals surface area contributed by atoms with E-state index < -0.39 is 0 Å². The molecule has 2 aliphatic rings. The molecule has 0 aromatic heterocycles. The molecule has 1 aromatic carbocycles. The van der Waals surface area contributed by atoms with E-state index in [0.717, 1.165) is 5.56 Å². The molecule has 0 aliphatic carbocycles. The molecule has 3 heteroatoms. The third-order valence-corrected chi connectivity index (χ3v) is 3.19. The van der Waals surface area contributed by atoms with E-state index in [1.165, 1.54) is 0 Å². The van der Waals surface area contributed by atoms with Crippen molar-refractivity contribution in [3.05, 3.63) is 35.9 Å². The molecule has 0 unspecified atom stereocenters. The van der Waals surface area contributed by atoms with Crippen LogP contribution >= 0.6 is 0 Å². The molecular formula is C12H12O3. The normalized spacial score (nSPS) is 33.9. The number of hydrogen-bond donors (Lipinski definition) is 0. The van der Waals surface area contributed by atoms with Crippen LogP contribution in [-0.2, 0) is 14.3 Å². The predicted molar refractivity (Wildman–Crippen MR) is 53.1 cm³/mol. The summed E-state index contributed by atoms with van der Waals surface area (Å²) in [6.07, 6.45) is -0.105. The molecule has 3 atom stereocenters. The van der Waals surface area contributed by atoms with Crippen LogP contribution in [0.5, 0.6) is 0 Å². The second-order valence-electron chi connectivity index (χ2n) is 4.08. The van der Waals surface area contributed by atoms with Crippen LogP contribution in [0, 0.1) is 11.8 Å². The van der Waals surface area contributed by atoms with Crippen molar-refractivity contribution in [3.8, 4) is 0 Å². The van der Waals surface area contributed by atoms with Crippen LogP contribution in [0.2, 0.25) is 0 Å². The van der Waals surface area contributed by atoms with Crippen LogP contribution in [0.15, 0.2) is 30.3 Å². The van der Waals surface area contributed by atoms with Gasteiger partial charge in [-0.1, -0.05) is 30.3 Å². The van der Waals surface area contributed by atoms with Crippen molar-refractivity contribution >= 4 is 5.97 Å². The van der Waals surface area contributed by atoms with Gasteiger partial charge in [0.15, 0.2) is 0 Å². The summed E-state index contributed by atoms with van der Waals surface area (Å²) in [6, 6.07) is 9.89. The van der Waals surface area contributed by atoms with Crippen LogP contribution in [0.4, 0.5) is 0 Å². The summed E-state index contributed by atoms with van der Waals surface area (Å²) in [5.41, 5.74) is 1.07. The third-order valence-electron chi connectivity index (χ3n) is 3.19. The summed E-state index contributed by atoms with van der Waals surface area (Å²) in [5, 5.41) is 0. The Hall–Kier alpha value is -1.35. The zero-order chi connectivity index (χ0) is 10.3. The van der Waals surface area contributed by atoms with Gasteiger partial charge in [-0.05, 0) is 5.56 Å². The second-order valence-corrected chi connectivity index (χ2v) is 4.08. The molecule has 2 saturated heterocycles. The molecule has 3 nitrogen and oxygen atoms in total. The Morgan fingerprint density at radius 1 is 1.13 bits per heavy atom. The predicted octanol–water partition coefficient (Wildman–Crippen LogP) is 1.55. The Bertz CT molecular complexity index is 374. The Balaban J connectivity index is 1.92. The maximum absolute atomic E-state index is 11.5. The van der Waals surface area contributed by atoms with E-state index in [1.54, 1.807) is 0 Å². The molecule has 0 N–H and O–H groups in total. The van der Waals surface area contributed by atoms with Gasteiger partial charge in [-0.3, -0.25) is 4.79 Å². The van der Waals surface area contributed by atoms with Crippen molar-refractivity contribution in [2.45, 2.75) is 6.10 Å². The minimum atomic E-state index is -0.105. The highest BCUT2D eigenvalue weighted by atomic mass is 16.6. The van der Waals surface area contributed by atoms with E-state index in [2.05, 4.69) is 0 Å². The van der Waals surface area contributed by atoms with E-state index in [0.29, 0.717) is 13.2 Å². The van der Waals surface area contributed by atoms with E-state index >= 15 is 0 Å².